The summed E-state index contributed by atoms with van der Waals surface area (Å²) in [5.74, 6) is 0.907. The van der Waals surface area contributed by atoms with Gasteiger partial charge in [-0.2, -0.15) is 0 Å². The first kappa shape index (κ1) is 16.5. The van der Waals surface area contributed by atoms with E-state index in [9.17, 15) is 0 Å². The highest BCUT2D eigenvalue weighted by atomic mass is 16.5. The van der Waals surface area contributed by atoms with Gasteiger partial charge >= 0.3 is 0 Å². The molecule has 3 nitrogen and oxygen atoms in total. The topological polar surface area (TPSA) is 34.2 Å². The van der Waals surface area contributed by atoms with Gasteiger partial charge in [-0.15, -0.1) is 0 Å². The van der Waals surface area contributed by atoms with Crippen LogP contribution in [0.15, 0.2) is 66.9 Å². The van der Waals surface area contributed by atoms with Crippen LogP contribution in [0.3, 0.4) is 0 Å². The van der Waals surface area contributed by atoms with Gasteiger partial charge in [-0.3, -0.25) is 0 Å². The van der Waals surface area contributed by atoms with E-state index in [0.717, 1.165) is 24.2 Å². The Balaban J connectivity index is 1.89. The third-order valence-corrected chi connectivity index (χ3v) is 4.16. The molecule has 1 aliphatic heterocycles. The fourth-order valence-electron chi connectivity index (χ4n) is 2.93. The van der Waals surface area contributed by atoms with Gasteiger partial charge in [-0.1, -0.05) is 43.0 Å². The van der Waals surface area contributed by atoms with E-state index in [4.69, 9.17) is 4.74 Å². The number of aryl methyl sites for hydroxylation is 2. The van der Waals surface area contributed by atoms with Crippen molar-refractivity contribution in [2.45, 2.75) is 32.4 Å². The molecule has 4 bridgehead atoms. The zero-order chi connectivity index (χ0) is 16.8. The van der Waals surface area contributed by atoms with Gasteiger partial charge in [-0.25, -0.2) is 4.98 Å². The second-order valence-electron chi connectivity index (χ2n) is 6.24. The molecule has 0 saturated heterocycles. The van der Waals surface area contributed by atoms with Gasteiger partial charge in [0.1, 0.15) is 5.82 Å². The molecular weight excluding hydrogens is 296 g/mol. The van der Waals surface area contributed by atoms with E-state index in [2.05, 4.69) is 66.3 Å². The number of nitrogens with one attached hydrogen (secondary N) is 1. The average molecular weight is 320 g/mol. The number of pyridine rings is 1. The predicted molar refractivity (Wildman–Crippen MR) is 99.1 cm³/mol. The second kappa shape index (κ2) is 7.93. The van der Waals surface area contributed by atoms with Gasteiger partial charge in [0.15, 0.2) is 0 Å². The van der Waals surface area contributed by atoms with Crippen LogP contribution in [0.25, 0.3) is 0 Å². The Morgan fingerprint density at radius 1 is 1.12 bits per heavy atom. The summed E-state index contributed by atoms with van der Waals surface area (Å²) in [7, 11) is 0. The molecule has 24 heavy (non-hydrogen) atoms. The Morgan fingerprint density at radius 3 is 2.75 bits per heavy atom. The smallest absolute Gasteiger partial charge is 0.126 e. The van der Waals surface area contributed by atoms with Crippen molar-refractivity contribution >= 4 is 5.82 Å². The van der Waals surface area contributed by atoms with Crippen LogP contribution in [-0.2, 0) is 24.2 Å². The van der Waals surface area contributed by atoms with Gasteiger partial charge in [0, 0.05) is 12.2 Å². The minimum absolute atomic E-state index is 0.163. The maximum Gasteiger partial charge on any atom is 0.126 e. The molecule has 1 atom stereocenters. The fraction of sp³-hybridized carbons (Fsp3) is 0.286. The molecule has 0 radical (unpaired) electrons. The average Bonchev–Trinajstić information content (AvgIpc) is 2.59. The highest BCUT2D eigenvalue weighted by Gasteiger charge is 2.05. The minimum atomic E-state index is 0.163. The van der Waals surface area contributed by atoms with E-state index >= 15 is 0 Å². The Morgan fingerprint density at radius 2 is 1.92 bits per heavy atom. The lowest BCUT2D eigenvalue weighted by Gasteiger charge is -2.13. The highest BCUT2D eigenvalue weighted by molar-refractivity contribution is 5.40. The van der Waals surface area contributed by atoms with Gasteiger partial charge in [0.25, 0.3) is 0 Å². The van der Waals surface area contributed by atoms with Crippen LogP contribution in [0.5, 0.6) is 0 Å². The third-order valence-electron chi connectivity index (χ3n) is 4.16. The summed E-state index contributed by atoms with van der Waals surface area (Å²) >= 11 is 0. The van der Waals surface area contributed by atoms with E-state index in [1.165, 1.54) is 16.7 Å². The van der Waals surface area contributed by atoms with Crippen molar-refractivity contribution in [2.24, 2.45) is 0 Å². The number of benzene rings is 1. The van der Waals surface area contributed by atoms with Crippen molar-refractivity contribution in [2.75, 3.05) is 11.9 Å². The van der Waals surface area contributed by atoms with Crippen molar-refractivity contribution in [3.63, 3.8) is 0 Å². The number of hydrogen-bond donors (Lipinski definition) is 1. The molecular formula is C21H24N2O. The lowest BCUT2D eigenvalue weighted by atomic mass is 10.0. The Hall–Kier alpha value is -2.39. The first-order valence-corrected chi connectivity index (χ1v) is 8.43. The standard InChI is InChI=1S/C21H24N2O/c1-3-17-11-16(2)23-21-13-19(9-10-22-21)8-7-18-5-4-6-20(12-18)15-24-14-17/h3-6,9-13,16H,1,7-8,14-15H2,2H3,(H,22,23). The Kier molecular flexibility index (Phi) is 5.44. The normalized spacial score (nSPS) is 18.5. The number of fused-ring (bicyclic) bond motifs is 4. The first-order chi connectivity index (χ1) is 11.7. The van der Waals surface area contributed by atoms with E-state index in [0.29, 0.717) is 13.2 Å². The van der Waals surface area contributed by atoms with Crippen molar-refractivity contribution in [3.05, 3.63) is 83.6 Å². The molecule has 0 fully saturated rings. The molecule has 1 N–H and O–H groups in total. The van der Waals surface area contributed by atoms with Crippen LogP contribution in [0, 0.1) is 0 Å². The summed E-state index contributed by atoms with van der Waals surface area (Å²) in [5, 5.41) is 3.43. The number of rotatable bonds is 1. The third kappa shape index (κ3) is 4.56. The minimum Gasteiger partial charge on any atom is -0.372 e. The predicted octanol–water partition coefficient (Wildman–Crippen LogP) is 4.31. The SMILES string of the molecule is C=CC1=CC(C)Nc2cc(ccn2)CCc2cccc(c2)COC1. The zero-order valence-electron chi connectivity index (χ0n) is 14.2. The molecule has 0 saturated carbocycles. The van der Waals surface area contributed by atoms with Crippen LogP contribution < -0.4 is 5.32 Å². The molecule has 1 aromatic carbocycles. The Bertz CT molecular complexity index is 736. The summed E-state index contributed by atoms with van der Waals surface area (Å²) in [6, 6.07) is 13.0. The molecule has 0 amide bonds. The second-order valence-corrected chi connectivity index (χ2v) is 6.24. The molecule has 1 unspecified atom stereocenters. The van der Waals surface area contributed by atoms with E-state index < -0.39 is 0 Å². The monoisotopic (exact) mass is 320 g/mol. The van der Waals surface area contributed by atoms with Crippen LogP contribution in [0.2, 0.25) is 0 Å². The van der Waals surface area contributed by atoms with Crippen molar-refractivity contribution in [1.29, 1.82) is 0 Å². The molecule has 3 rings (SSSR count). The fourth-order valence-corrected chi connectivity index (χ4v) is 2.93. The summed E-state index contributed by atoms with van der Waals surface area (Å²) in [4.78, 5) is 4.43. The van der Waals surface area contributed by atoms with Gasteiger partial charge in [0.05, 0.1) is 13.2 Å². The number of ether oxygens (including phenoxy) is 1. The number of anilines is 1. The van der Waals surface area contributed by atoms with Crippen LogP contribution in [0.4, 0.5) is 5.82 Å². The molecule has 1 aromatic heterocycles. The van der Waals surface area contributed by atoms with Crippen LogP contribution >= 0.6 is 0 Å². The molecule has 3 heteroatoms. The van der Waals surface area contributed by atoms with Crippen molar-refractivity contribution < 1.29 is 4.74 Å². The molecule has 1 aliphatic rings. The van der Waals surface area contributed by atoms with E-state index in [-0.39, 0.29) is 6.04 Å². The number of hydrogen-bond acceptors (Lipinski definition) is 3. The summed E-state index contributed by atoms with van der Waals surface area (Å²) < 4.78 is 5.86. The van der Waals surface area contributed by atoms with Crippen LogP contribution in [0.1, 0.15) is 23.6 Å². The quantitative estimate of drug-likeness (QED) is 0.850. The lowest BCUT2D eigenvalue weighted by Crippen LogP contribution is -2.14. The Labute approximate surface area is 144 Å². The van der Waals surface area contributed by atoms with Gasteiger partial charge in [0.2, 0.25) is 0 Å². The van der Waals surface area contributed by atoms with Crippen molar-refractivity contribution in [1.82, 2.24) is 4.98 Å². The van der Waals surface area contributed by atoms with Gasteiger partial charge in [-0.05, 0) is 54.2 Å². The van der Waals surface area contributed by atoms with E-state index in [1.54, 1.807) is 0 Å². The lowest BCUT2D eigenvalue weighted by molar-refractivity contribution is 0.144. The van der Waals surface area contributed by atoms with E-state index in [1.807, 2.05) is 12.3 Å². The molecule has 0 spiro atoms. The summed E-state index contributed by atoms with van der Waals surface area (Å²) in [6.45, 7) is 7.19. The highest BCUT2D eigenvalue weighted by Crippen LogP contribution is 2.15. The molecule has 2 heterocycles. The summed E-state index contributed by atoms with van der Waals surface area (Å²) in [6.07, 6.45) is 7.89. The molecule has 2 aromatic rings. The molecule has 0 aliphatic carbocycles. The van der Waals surface area contributed by atoms with Crippen LogP contribution in [-0.4, -0.2) is 17.6 Å². The maximum atomic E-state index is 5.86. The maximum absolute atomic E-state index is 5.86. The van der Waals surface area contributed by atoms with Crippen molar-refractivity contribution in [3.8, 4) is 0 Å². The zero-order valence-corrected chi connectivity index (χ0v) is 14.2. The molecule has 124 valence electrons. The number of nitrogens with zero attached hydrogens (tertiary/aromatic N) is 1. The summed E-state index contributed by atoms with van der Waals surface area (Å²) in [5.41, 5.74) is 4.93. The number of aromatic nitrogens is 1. The van der Waals surface area contributed by atoms with Gasteiger partial charge < -0.3 is 10.1 Å². The first-order valence-electron chi connectivity index (χ1n) is 8.43. The largest absolute Gasteiger partial charge is 0.372 e.